The van der Waals surface area contributed by atoms with E-state index >= 15 is 0 Å². The van der Waals surface area contributed by atoms with Crippen molar-refractivity contribution in [3.8, 4) is 0 Å². The Bertz CT molecular complexity index is 375. The topological polar surface area (TPSA) is 47.3 Å². The molecule has 0 saturated carbocycles. The summed E-state index contributed by atoms with van der Waals surface area (Å²) in [5, 5.41) is 0. The molecule has 3 unspecified atom stereocenters. The molecule has 1 aliphatic heterocycles. The van der Waals surface area contributed by atoms with Crippen LogP contribution in [-0.2, 0) is 4.74 Å². The lowest BCUT2D eigenvalue weighted by molar-refractivity contribution is 0.0954. The van der Waals surface area contributed by atoms with E-state index in [-0.39, 0.29) is 12.1 Å². The van der Waals surface area contributed by atoms with Crippen LogP contribution in [0.2, 0.25) is 0 Å². The summed E-state index contributed by atoms with van der Waals surface area (Å²) in [5.41, 5.74) is 5.58. The first-order chi connectivity index (χ1) is 8.63. The van der Waals surface area contributed by atoms with Crippen LogP contribution in [0.4, 0.5) is 0 Å². The van der Waals surface area contributed by atoms with E-state index in [1.54, 1.807) is 0 Å². The molecular formula is C15H24N2O. The fourth-order valence-electron chi connectivity index (χ4n) is 2.74. The van der Waals surface area contributed by atoms with E-state index in [9.17, 15) is 0 Å². The van der Waals surface area contributed by atoms with Gasteiger partial charge in [0.2, 0.25) is 0 Å². The third-order valence-electron chi connectivity index (χ3n) is 4.00. The SMILES string of the molecule is CC(C)c1ccc(C(NN)C2CCOC2C)cc1. The van der Waals surface area contributed by atoms with Crippen molar-refractivity contribution in [2.24, 2.45) is 11.8 Å². The molecule has 0 radical (unpaired) electrons. The van der Waals surface area contributed by atoms with Crippen LogP contribution in [0.25, 0.3) is 0 Å². The van der Waals surface area contributed by atoms with E-state index in [0.29, 0.717) is 11.8 Å². The minimum absolute atomic E-state index is 0.184. The first kappa shape index (κ1) is 13.5. The van der Waals surface area contributed by atoms with Crippen LogP contribution in [0, 0.1) is 5.92 Å². The molecule has 2 rings (SSSR count). The number of hydrazine groups is 1. The van der Waals surface area contributed by atoms with Crippen LogP contribution in [0.15, 0.2) is 24.3 Å². The molecule has 0 bridgehead atoms. The van der Waals surface area contributed by atoms with Gasteiger partial charge in [-0.2, -0.15) is 0 Å². The molecule has 3 atom stereocenters. The van der Waals surface area contributed by atoms with E-state index in [4.69, 9.17) is 10.6 Å². The number of hydrogen-bond donors (Lipinski definition) is 2. The molecule has 1 aromatic carbocycles. The largest absolute Gasteiger partial charge is 0.378 e. The molecule has 0 aliphatic carbocycles. The van der Waals surface area contributed by atoms with Gasteiger partial charge >= 0.3 is 0 Å². The summed E-state index contributed by atoms with van der Waals surface area (Å²) < 4.78 is 5.64. The minimum atomic E-state index is 0.184. The van der Waals surface area contributed by atoms with E-state index in [2.05, 4.69) is 50.5 Å². The lowest BCUT2D eigenvalue weighted by Gasteiger charge is -2.25. The van der Waals surface area contributed by atoms with Crippen molar-refractivity contribution < 1.29 is 4.74 Å². The highest BCUT2D eigenvalue weighted by Gasteiger charge is 2.32. The lowest BCUT2D eigenvalue weighted by Crippen LogP contribution is -2.36. The standard InChI is InChI=1S/C15H24N2O/c1-10(2)12-4-6-13(7-5-12)15(17-16)14-8-9-18-11(14)3/h4-7,10-11,14-15,17H,8-9,16H2,1-3H3. The van der Waals surface area contributed by atoms with Crippen LogP contribution in [-0.4, -0.2) is 12.7 Å². The van der Waals surface area contributed by atoms with Gasteiger partial charge in [-0.15, -0.1) is 0 Å². The maximum Gasteiger partial charge on any atom is 0.0594 e. The monoisotopic (exact) mass is 248 g/mol. The van der Waals surface area contributed by atoms with Gasteiger partial charge < -0.3 is 4.74 Å². The molecule has 1 fully saturated rings. The Morgan fingerprint density at radius 2 is 1.83 bits per heavy atom. The first-order valence-corrected chi connectivity index (χ1v) is 6.81. The van der Waals surface area contributed by atoms with Crippen molar-refractivity contribution in [3.63, 3.8) is 0 Å². The van der Waals surface area contributed by atoms with Crippen LogP contribution in [0.3, 0.4) is 0 Å². The van der Waals surface area contributed by atoms with Crippen LogP contribution >= 0.6 is 0 Å². The average molecular weight is 248 g/mol. The zero-order valence-corrected chi connectivity index (χ0v) is 11.5. The Hall–Kier alpha value is -0.900. The Kier molecular flexibility index (Phi) is 4.38. The number of rotatable bonds is 4. The fourth-order valence-corrected chi connectivity index (χ4v) is 2.74. The summed E-state index contributed by atoms with van der Waals surface area (Å²) in [4.78, 5) is 0. The predicted octanol–water partition coefficient (Wildman–Crippen LogP) is 2.74. The van der Waals surface area contributed by atoms with Gasteiger partial charge in [0, 0.05) is 12.5 Å². The summed E-state index contributed by atoms with van der Waals surface area (Å²) in [6.07, 6.45) is 1.35. The normalized spacial score (nSPS) is 25.6. The van der Waals surface area contributed by atoms with Crippen LogP contribution < -0.4 is 11.3 Å². The number of nitrogens with one attached hydrogen (secondary N) is 1. The Labute approximate surface area is 110 Å². The van der Waals surface area contributed by atoms with Gasteiger partial charge in [0.05, 0.1) is 12.1 Å². The molecular weight excluding hydrogens is 224 g/mol. The average Bonchev–Trinajstić information content (AvgIpc) is 2.78. The molecule has 0 amide bonds. The maximum atomic E-state index is 5.74. The highest BCUT2D eigenvalue weighted by atomic mass is 16.5. The zero-order valence-electron chi connectivity index (χ0n) is 11.5. The molecule has 18 heavy (non-hydrogen) atoms. The molecule has 3 N–H and O–H groups in total. The molecule has 1 aliphatic rings. The van der Waals surface area contributed by atoms with Gasteiger partial charge in [-0.05, 0) is 30.4 Å². The molecule has 1 heterocycles. The van der Waals surface area contributed by atoms with Gasteiger partial charge in [-0.25, -0.2) is 0 Å². The van der Waals surface area contributed by atoms with Crippen LogP contribution in [0.1, 0.15) is 50.3 Å². The number of ether oxygens (including phenoxy) is 1. The summed E-state index contributed by atoms with van der Waals surface area (Å²) in [6, 6.07) is 8.95. The summed E-state index contributed by atoms with van der Waals surface area (Å²) >= 11 is 0. The fraction of sp³-hybridized carbons (Fsp3) is 0.600. The van der Waals surface area contributed by atoms with E-state index in [1.165, 1.54) is 11.1 Å². The maximum absolute atomic E-state index is 5.74. The number of nitrogens with two attached hydrogens (primary N) is 1. The number of hydrogen-bond acceptors (Lipinski definition) is 3. The second-order valence-corrected chi connectivity index (χ2v) is 5.49. The molecule has 1 saturated heterocycles. The third-order valence-corrected chi connectivity index (χ3v) is 4.00. The van der Waals surface area contributed by atoms with Crippen molar-refractivity contribution in [3.05, 3.63) is 35.4 Å². The third kappa shape index (κ3) is 2.74. The molecule has 0 spiro atoms. The Morgan fingerprint density at radius 1 is 1.22 bits per heavy atom. The van der Waals surface area contributed by atoms with Crippen LogP contribution in [0.5, 0.6) is 0 Å². The smallest absolute Gasteiger partial charge is 0.0594 e. The van der Waals surface area contributed by atoms with Gasteiger partial charge in [0.25, 0.3) is 0 Å². The minimum Gasteiger partial charge on any atom is -0.378 e. The van der Waals surface area contributed by atoms with Crippen molar-refractivity contribution in [2.75, 3.05) is 6.61 Å². The van der Waals surface area contributed by atoms with Gasteiger partial charge in [-0.3, -0.25) is 11.3 Å². The Morgan fingerprint density at radius 3 is 2.28 bits per heavy atom. The molecule has 1 aromatic rings. The van der Waals surface area contributed by atoms with Gasteiger partial charge in [0.15, 0.2) is 0 Å². The summed E-state index contributed by atoms with van der Waals surface area (Å²) in [7, 11) is 0. The molecule has 3 heteroatoms. The van der Waals surface area contributed by atoms with E-state index in [0.717, 1.165) is 13.0 Å². The zero-order chi connectivity index (χ0) is 13.1. The highest BCUT2D eigenvalue weighted by Crippen LogP contribution is 2.33. The first-order valence-electron chi connectivity index (χ1n) is 6.81. The quantitative estimate of drug-likeness (QED) is 0.636. The second kappa shape index (κ2) is 5.83. The van der Waals surface area contributed by atoms with Crippen molar-refractivity contribution in [2.45, 2.75) is 45.3 Å². The highest BCUT2D eigenvalue weighted by molar-refractivity contribution is 5.27. The molecule has 3 nitrogen and oxygen atoms in total. The van der Waals surface area contributed by atoms with Crippen molar-refractivity contribution >= 4 is 0 Å². The molecule has 100 valence electrons. The Balaban J connectivity index is 2.17. The number of benzene rings is 1. The second-order valence-electron chi connectivity index (χ2n) is 5.49. The van der Waals surface area contributed by atoms with Gasteiger partial charge in [0.1, 0.15) is 0 Å². The van der Waals surface area contributed by atoms with Gasteiger partial charge in [-0.1, -0.05) is 38.1 Å². The molecule has 0 aromatic heterocycles. The van der Waals surface area contributed by atoms with Crippen molar-refractivity contribution in [1.82, 2.24) is 5.43 Å². The summed E-state index contributed by atoms with van der Waals surface area (Å²) in [6.45, 7) is 7.39. The lowest BCUT2D eigenvalue weighted by atomic mass is 9.88. The summed E-state index contributed by atoms with van der Waals surface area (Å²) in [5.74, 6) is 6.76. The van der Waals surface area contributed by atoms with Crippen molar-refractivity contribution in [1.29, 1.82) is 0 Å². The predicted molar refractivity (Wildman–Crippen MR) is 74.1 cm³/mol. The van der Waals surface area contributed by atoms with E-state index < -0.39 is 0 Å². The van der Waals surface area contributed by atoms with E-state index in [1.807, 2.05) is 0 Å².